The summed E-state index contributed by atoms with van der Waals surface area (Å²) in [7, 11) is 0. The first-order chi connectivity index (χ1) is 8.56. The van der Waals surface area contributed by atoms with E-state index < -0.39 is 17.8 Å². The van der Waals surface area contributed by atoms with Crippen LogP contribution in [0.5, 0.6) is 5.75 Å². The van der Waals surface area contributed by atoms with Gasteiger partial charge in [0.15, 0.2) is 0 Å². The Hall–Kier alpha value is -2.37. The molecular formula is C12H11NO5. The van der Waals surface area contributed by atoms with Crippen molar-refractivity contribution >= 4 is 17.8 Å². The van der Waals surface area contributed by atoms with Gasteiger partial charge >= 0.3 is 5.97 Å². The van der Waals surface area contributed by atoms with Crippen molar-refractivity contribution in [2.45, 2.75) is 19.3 Å². The summed E-state index contributed by atoms with van der Waals surface area (Å²) >= 11 is 0. The molecule has 0 radical (unpaired) electrons. The van der Waals surface area contributed by atoms with Crippen LogP contribution in [0.25, 0.3) is 0 Å². The zero-order valence-corrected chi connectivity index (χ0v) is 9.46. The fourth-order valence-corrected chi connectivity index (χ4v) is 1.57. The van der Waals surface area contributed by atoms with E-state index in [1.807, 2.05) is 0 Å². The van der Waals surface area contributed by atoms with Crippen molar-refractivity contribution in [1.82, 2.24) is 5.06 Å². The third kappa shape index (κ3) is 2.65. The Balaban J connectivity index is 1.94. The van der Waals surface area contributed by atoms with Gasteiger partial charge in [0, 0.05) is 12.8 Å². The summed E-state index contributed by atoms with van der Waals surface area (Å²) in [5.41, 5.74) is 0.622. The van der Waals surface area contributed by atoms with Crippen LogP contribution in [0.3, 0.4) is 0 Å². The van der Waals surface area contributed by atoms with E-state index in [-0.39, 0.29) is 25.0 Å². The van der Waals surface area contributed by atoms with E-state index in [2.05, 4.69) is 0 Å². The number of benzene rings is 1. The summed E-state index contributed by atoms with van der Waals surface area (Å²) in [5.74, 6) is -1.60. The fourth-order valence-electron chi connectivity index (χ4n) is 1.57. The van der Waals surface area contributed by atoms with Crippen LogP contribution >= 0.6 is 0 Å². The minimum atomic E-state index is -0.690. The average molecular weight is 249 g/mol. The van der Waals surface area contributed by atoms with Crippen molar-refractivity contribution in [1.29, 1.82) is 0 Å². The molecule has 1 N–H and O–H groups in total. The third-order valence-corrected chi connectivity index (χ3v) is 2.48. The molecular weight excluding hydrogens is 238 g/mol. The number of amides is 2. The Morgan fingerprint density at radius 1 is 1.17 bits per heavy atom. The van der Waals surface area contributed by atoms with Crippen LogP contribution in [0.2, 0.25) is 0 Å². The number of imide groups is 1. The van der Waals surface area contributed by atoms with Gasteiger partial charge in [0.2, 0.25) is 0 Å². The van der Waals surface area contributed by atoms with E-state index in [1.54, 1.807) is 12.1 Å². The van der Waals surface area contributed by atoms with E-state index in [1.165, 1.54) is 12.1 Å². The maximum absolute atomic E-state index is 11.5. The van der Waals surface area contributed by atoms with Crippen molar-refractivity contribution in [2.75, 3.05) is 0 Å². The number of rotatable bonds is 3. The fraction of sp³-hybridized carbons (Fsp3) is 0.250. The van der Waals surface area contributed by atoms with Crippen LogP contribution in [0.15, 0.2) is 24.3 Å². The van der Waals surface area contributed by atoms with E-state index in [9.17, 15) is 14.4 Å². The molecule has 0 bridgehead atoms. The SMILES string of the molecule is O=C(Cc1ccc(O)cc1)ON1C(=O)CCC1=O. The molecule has 6 heteroatoms. The van der Waals surface area contributed by atoms with Crippen molar-refractivity contribution in [3.05, 3.63) is 29.8 Å². The lowest BCUT2D eigenvalue weighted by Gasteiger charge is -2.12. The minimum absolute atomic E-state index is 0.0721. The lowest BCUT2D eigenvalue weighted by Crippen LogP contribution is -2.32. The molecule has 1 fully saturated rings. The molecule has 1 aromatic carbocycles. The third-order valence-electron chi connectivity index (χ3n) is 2.48. The second-order valence-corrected chi connectivity index (χ2v) is 3.89. The van der Waals surface area contributed by atoms with Crippen LogP contribution in [-0.4, -0.2) is 28.0 Å². The number of hydroxylamine groups is 2. The van der Waals surface area contributed by atoms with E-state index >= 15 is 0 Å². The molecule has 94 valence electrons. The Morgan fingerprint density at radius 3 is 2.28 bits per heavy atom. The highest BCUT2D eigenvalue weighted by atomic mass is 16.7. The summed E-state index contributed by atoms with van der Waals surface area (Å²) in [6.07, 6.45) is 0.0774. The molecule has 0 spiro atoms. The highest BCUT2D eigenvalue weighted by Gasteiger charge is 2.32. The summed E-state index contributed by atoms with van der Waals surface area (Å²) in [4.78, 5) is 38.6. The normalized spacial score (nSPS) is 15.0. The molecule has 1 aliphatic rings. The first-order valence-corrected chi connectivity index (χ1v) is 5.41. The molecule has 0 saturated carbocycles. The Bertz CT molecular complexity index is 478. The Labute approximate surface area is 103 Å². The second-order valence-electron chi connectivity index (χ2n) is 3.89. The van der Waals surface area contributed by atoms with Crippen molar-refractivity contribution in [3.8, 4) is 5.75 Å². The highest BCUT2D eigenvalue weighted by molar-refractivity contribution is 6.01. The number of carbonyl (C=O) groups is 3. The quantitative estimate of drug-likeness (QED) is 0.790. The molecule has 2 rings (SSSR count). The van der Waals surface area contributed by atoms with Crippen LogP contribution in [0.4, 0.5) is 0 Å². The Kier molecular flexibility index (Phi) is 3.27. The van der Waals surface area contributed by atoms with E-state index in [0.29, 0.717) is 10.6 Å². The van der Waals surface area contributed by atoms with Gasteiger partial charge in [-0.2, -0.15) is 0 Å². The number of phenolic OH excluding ortho intramolecular Hbond substituents is 1. The zero-order chi connectivity index (χ0) is 13.1. The van der Waals surface area contributed by atoms with Crippen LogP contribution < -0.4 is 0 Å². The van der Waals surface area contributed by atoms with Crippen LogP contribution in [0.1, 0.15) is 18.4 Å². The summed E-state index contributed by atoms with van der Waals surface area (Å²) in [6, 6.07) is 6.00. The van der Waals surface area contributed by atoms with E-state index in [4.69, 9.17) is 9.94 Å². The van der Waals surface area contributed by atoms with Crippen molar-refractivity contribution < 1.29 is 24.3 Å². The molecule has 18 heavy (non-hydrogen) atoms. The first-order valence-electron chi connectivity index (χ1n) is 5.41. The molecule has 0 aliphatic carbocycles. The second kappa shape index (κ2) is 4.87. The smallest absolute Gasteiger partial charge is 0.337 e. The van der Waals surface area contributed by atoms with Gasteiger partial charge in [-0.1, -0.05) is 12.1 Å². The number of hydrogen-bond donors (Lipinski definition) is 1. The Morgan fingerprint density at radius 2 is 1.72 bits per heavy atom. The van der Waals surface area contributed by atoms with Gasteiger partial charge in [0.05, 0.1) is 6.42 Å². The highest BCUT2D eigenvalue weighted by Crippen LogP contribution is 2.14. The maximum atomic E-state index is 11.5. The number of nitrogens with zero attached hydrogens (tertiary/aromatic N) is 1. The molecule has 0 unspecified atom stereocenters. The number of hydrogen-bond acceptors (Lipinski definition) is 5. The molecule has 0 aromatic heterocycles. The van der Waals surface area contributed by atoms with Gasteiger partial charge in [-0.05, 0) is 17.7 Å². The standard InChI is InChI=1S/C12H11NO5/c14-9-3-1-8(2-4-9)7-12(17)18-13-10(15)5-6-11(13)16/h1-4,14H,5-7H2. The molecule has 1 heterocycles. The number of carbonyl (C=O) groups excluding carboxylic acids is 3. The topological polar surface area (TPSA) is 83.9 Å². The lowest BCUT2D eigenvalue weighted by atomic mass is 10.1. The molecule has 1 aliphatic heterocycles. The molecule has 2 amide bonds. The van der Waals surface area contributed by atoms with Crippen molar-refractivity contribution in [2.24, 2.45) is 0 Å². The summed E-state index contributed by atoms with van der Waals surface area (Å²) < 4.78 is 0. The van der Waals surface area contributed by atoms with Crippen LogP contribution in [0, 0.1) is 0 Å². The monoisotopic (exact) mass is 249 g/mol. The predicted molar refractivity (Wildman–Crippen MR) is 59.0 cm³/mol. The minimum Gasteiger partial charge on any atom is -0.508 e. The molecule has 6 nitrogen and oxygen atoms in total. The summed E-state index contributed by atoms with van der Waals surface area (Å²) in [5, 5.41) is 9.59. The average Bonchev–Trinajstić information content (AvgIpc) is 2.64. The van der Waals surface area contributed by atoms with Crippen molar-refractivity contribution in [3.63, 3.8) is 0 Å². The van der Waals surface area contributed by atoms with E-state index in [0.717, 1.165) is 0 Å². The molecule has 1 saturated heterocycles. The van der Waals surface area contributed by atoms with Crippen LogP contribution in [-0.2, 0) is 25.6 Å². The molecule has 0 atom stereocenters. The van der Waals surface area contributed by atoms with Gasteiger partial charge in [0.1, 0.15) is 5.75 Å². The van der Waals surface area contributed by atoms with Gasteiger partial charge in [-0.15, -0.1) is 5.06 Å². The molecule has 1 aromatic rings. The lowest BCUT2D eigenvalue weighted by molar-refractivity contribution is -0.197. The maximum Gasteiger partial charge on any atom is 0.337 e. The first kappa shape index (κ1) is 12.1. The van der Waals surface area contributed by atoms with Gasteiger partial charge in [-0.25, -0.2) is 4.79 Å². The number of phenols is 1. The number of aromatic hydroxyl groups is 1. The summed E-state index contributed by atoms with van der Waals surface area (Å²) in [6.45, 7) is 0. The van der Waals surface area contributed by atoms with Gasteiger partial charge < -0.3 is 9.94 Å². The predicted octanol–water partition coefficient (Wildman–Crippen LogP) is 0.542. The van der Waals surface area contributed by atoms with Gasteiger partial charge in [0.25, 0.3) is 11.8 Å². The van der Waals surface area contributed by atoms with Gasteiger partial charge in [-0.3, -0.25) is 9.59 Å². The largest absolute Gasteiger partial charge is 0.508 e. The zero-order valence-electron chi connectivity index (χ0n) is 9.46.